The lowest BCUT2D eigenvalue weighted by Crippen LogP contribution is -1.92. The Kier molecular flexibility index (Phi) is 10.8. The van der Waals surface area contributed by atoms with E-state index in [0.717, 1.165) is 5.92 Å². The second kappa shape index (κ2) is 11.3. The standard InChI is InChI=1S/C14H20.2C2H6/c1-2-3-4-7-12-8-5-6-9-14(12)13-10-11-13;2*1-2/h5-6,8-9,13H,2-4,7,10-11H2,1H3;2*1-2H3. The van der Waals surface area contributed by atoms with Crippen LogP contribution >= 0.6 is 0 Å². The van der Waals surface area contributed by atoms with Crippen LogP contribution in [-0.4, -0.2) is 0 Å². The minimum atomic E-state index is 0.910. The molecule has 0 nitrogen and oxygen atoms in total. The number of aryl methyl sites for hydroxylation is 1. The Labute approximate surface area is 115 Å². The second-order valence-electron chi connectivity index (χ2n) is 4.43. The SMILES string of the molecule is CC.CC.CCCCCc1ccccc1C1CC1. The van der Waals surface area contributed by atoms with Crippen LogP contribution < -0.4 is 0 Å². The van der Waals surface area contributed by atoms with E-state index in [4.69, 9.17) is 0 Å². The quantitative estimate of drug-likeness (QED) is 0.533. The van der Waals surface area contributed by atoms with E-state index in [9.17, 15) is 0 Å². The minimum absolute atomic E-state index is 0.910. The fourth-order valence-electron chi connectivity index (χ4n) is 2.12. The molecule has 0 amide bonds. The first-order valence-electron chi connectivity index (χ1n) is 7.99. The summed E-state index contributed by atoms with van der Waals surface area (Å²) in [5.41, 5.74) is 3.26. The Morgan fingerprint density at radius 1 is 0.944 bits per heavy atom. The predicted molar refractivity (Wildman–Crippen MR) is 84.3 cm³/mol. The molecule has 0 atom stereocenters. The molecule has 0 aliphatic heterocycles. The molecule has 1 aromatic rings. The van der Waals surface area contributed by atoms with E-state index < -0.39 is 0 Å². The maximum absolute atomic E-state index is 2.33. The van der Waals surface area contributed by atoms with Crippen LogP contribution in [0.1, 0.15) is 83.8 Å². The normalized spacial score (nSPS) is 12.9. The van der Waals surface area contributed by atoms with Crippen LogP contribution in [0.3, 0.4) is 0 Å². The van der Waals surface area contributed by atoms with Crippen LogP contribution in [0, 0.1) is 0 Å². The summed E-state index contributed by atoms with van der Waals surface area (Å²) in [6, 6.07) is 9.03. The molecule has 1 aliphatic carbocycles. The van der Waals surface area contributed by atoms with E-state index in [1.54, 1.807) is 11.1 Å². The maximum atomic E-state index is 2.33. The third kappa shape index (κ3) is 6.23. The Hall–Kier alpha value is -0.780. The largest absolute Gasteiger partial charge is 0.0683 e. The maximum Gasteiger partial charge on any atom is -0.0159 e. The molecule has 1 aliphatic rings. The fraction of sp³-hybridized carbons (Fsp3) is 0.667. The molecule has 1 fully saturated rings. The van der Waals surface area contributed by atoms with Crippen molar-refractivity contribution in [2.75, 3.05) is 0 Å². The smallest absolute Gasteiger partial charge is 0.0159 e. The summed E-state index contributed by atoms with van der Waals surface area (Å²) < 4.78 is 0. The summed E-state index contributed by atoms with van der Waals surface area (Å²) in [7, 11) is 0. The van der Waals surface area contributed by atoms with Crippen LogP contribution in [0.5, 0.6) is 0 Å². The third-order valence-electron chi connectivity index (χ3n) is 3.12. The molecule has 2 rings (SSSR count). The molecule has 1 saturated carbocycles. The Morgan fingerprint density at radius 3 is 2.11 bits per heavy atom. The van der Waals surface area contributed by atoms with Gasteiger partial charge in [0.15, 0.2) is 0 Å². The Balaban J connectivity index is 0.000000659. The highest BCUT2D eigenvalue weighted by Gasteiger charge is 2.25. The number of unbranched alkanes of at least 4 members (excludes halogenated alkanes) is 2. The van der Waals surface area contributed by atoms with Crippen molar-refractivity contribution < 1.29 is 0 Å². The Morgan fingerprint density at radius 2 is 1.56 bits per heavy atom. The van der Waals surface area contributed by atoms with Crippen LogP contribution in [0.15, 0.2) is 24.3 Å². The van der Waals surface area contributed by atoms with E-state index in [2.05, 4.69) is 31.2 Å². The molecule has 0 radical (unpaired) electrons. The lowest BCUT2D eigenvalue weighted by atomic mass is 9.98. The molecule has 0 N–H and O–H groups in total. The summed E-state index contributed by atoms with van der Waals surface area (Å²) in [6.07, 6.45) is 8.20. The molecule has 0 heteroatoms. The van der Waals surface area contributed by atoms with Crippen LogP contribution in [-0.2, 0) is 6.42 Å². The van der Waals surface area contributed by atoms with E-state index in [1.807, 2.05) is 27.7 Å². The van der Waals surface area contributed by atoms with Gasteiger partial charge in [-0.3, -0.25) is 0 Å². The van der Waals surface area contributed by atoms with Crippen molar-refractivity contribution >= 4 is 0 Å². The summed E-state index contributed by atoms with van der Waals surface area (Å²) in [5.74, 6) is 0.910. The summed E-state index contributed by atoms with van der Waals surface area (Å²) in [6.45, 7) is 10.3. The topological polar surface area (TPSA) is 0 Å². The van der Waals surface area contributed by atoms with Gasteiger partial charge in [0.2, 0.25) is 0 Å². The highest BCUT2D eigenvalue weighted by atomic mass is 14.3. The van der Waals surface area contributed by atoms with Crippen molar-refractivity contribution in [1.29, 1.82) is 0 Å². The predicted octanol–water partition coefficient (Wildman–Crippen LogP) is 6.35. The molecule has 0 unspecified atom stereocenters. The second-order valence-corrected chi connectivity index (χ2v) is 4.43. The fourth-order valence-corrected chi connectivity index (χ4v) is 2.12. The van der Waals surface area contributed by atoms with Gasteiger partial charge in [-0.15, -0.1) is 0 Å². The van der Waals surface area contributed by atoms with Gasteiger partial charge < -0.3 is 0 Å². The van der Waals surface area contributed by atoms with E-state index in [-0.39, 0.29) is 0 Å². The van der Waals surface area contributed by atoms with Gasteiger partial charge in [0, 0.05) is 0 Å². The highest BCUT2D eigenvalue weighted by Crippen LogP contribution is 2.41. The van der Waals surface area contributed by atoms with E-state index in [0.29, 0.717) is 0 Å². The zero-order chi connectivity index (χ0) is 13.8. The molecule has 18 heavy (non-hydrogen) atoms. The number of hydrogen-bond acceptors (Lipinski definition) is 0. The van der Waals surface area contributed by atoms with Gasteiger partial charge in [0.1, 0.15) is 0 Å². The van der Waals surface area contributed by atoms with Crippen LogP contribution in [0.25, 0.3) is 0 Å². The van der Waals surface area contributed by atoms with Crippen molar-refractivity contribution in [2.24, 2.45) is 0 Å². The van der Waals surface area contributed by atoms with Gasteiger partial charge in [-0.2, -0.15) is 0 Å². The number of hydrogen-bond donors (Lipinski definition) is 0. The van der Waals surface area contributed by atoms with Gasteiger partial charge in [-0.25, -0.2) is 0 Å². The molecule has 1 aromatic carbocycles. The lowest BCUT2D eigenvalue weighted by Gasteiger charge is -2.07. The molecule has 0 bridgehead atoms. The average Bonchev–Trinajstić information content (AvgIpc) is 3.29. The summed E-state index contributed by atoms with van der Waals surface area (Å²) in [5, 5.41) is 0. The number of rotatable bonds is 5. The minimum Gasteiger partial charge on any atom is -0.0683 e. The molecular weight excluding hydrogens is 216 g/mol. The van der Waals surface area contributed by atoms with E-state index >= 15 is 0 Å². The molecule has 0 heterocycles. The van der Waals surface area contributed by atoms with Gasteiger partial charge in [0.25, 0.3) is 0 Å². The van der Waals surface area contributed by atoms with Crippen molar-refractivity contribution in [2.45, 2.75) is 79.1 Å². The first-order chi connectivity index (χ1) is 8.92. The monoisotopic (exact) mass is 248 g/mol. The first kappa shape index (κ1) is 17.2. The molecule has 0 saturated heterocycles. The van der Waals surface area contributed by atoms with Crippen LogP contribution in [0.2, 0.25) is 0 Å². The lowest BCUT2D eigenvalue weighted by molar-refractivity contribution is 0.713. The first-order valence-corrected chi connectivity index (χ1v) is 7.99. The zero-order valence-electron chi connectivity index (χ0n) is 13.1. The summed E-state index contributed by atoms with van der Waals surface area (Å²) in [4.78, 5) is 0. The average molecular weight is 248 g/mol. The summed E-state index contributed by atoms with van der Waals surface area (Å²) >= 11 is 0. The van der Waals surface area contributed by atoms with Gasteiger partial charge in [-0.05, 0) is 42.7 Å². The number of benzene rings is 1. The van der Waals surface area contributed by atoms with Gasteiger partial charge in [-0.1, -0.05) is 71.7 Å². The zero-order valence-corrected chi connectivity index (χ0v) is 13.1. The highest BCUT2D eigenvalue weighted by molar-refractivity contribution is 5.33. The van der Waals surface area contributed by atoms with Gasteiger partial charge in [0.05, 0.1) is 0 Å². The molecular formula is C18H32. The van der Waals surface area contributed by atoms with Crippen molar-refractivity contribution in [3.8, 4) is 0 Å². The van der Waals surface area contributed by atoms with Crippen LogP contribution in [0.4, 0.5) is 0 Å². The van der Waals surface area contributed by atoms with Crippen molar-refractivity contribution in [3.05, 3.63) is 35.4 Å². The molecule has 0 aromatic heterocycles. The Bertz CT molecular complexity index is 284. The van der Waals surface area contributed by atoms with Crippen molar-refractivity contribution in [1.82, 2.24) is 0 Å². The molecule has 0 spiro atoms. The molecule has 104 valence electrons. The third-order valence-corrected chi connectivity index (χ3v) is 3.12. The van der Waals surface area contributed by atoms with Crippen molar-refractivity contribution in [3.63, 3.8) is 0 Å². The van der Waals surface area contributed by atoms with E-state index in [1.165, 1.54) is 38.5 Å². The van der Waals surface area contributed by atoms with Gasteiger partial charge >= 0.3 is 0 Å².